The van der Waals surface area contributed by atoms with Crippen LogP contribution in [0.5, 0.6) is 0 Å². The highest BCUT2D eigenvalue weighted by Gasteiger charge is 2.30. The molecule has 1 saturated carbocycles. The van der Waals surface area contributed by atoms with Crippen LogP contribution in [0, 0.1) is 0 Å². The van der Waals surface area contributed by atoms with Gasteiger partial charge in [0, 0.05) is 23.5 Å². The Labute approximate surface area is 105 Å². The van der Waals surface area contributed by atoms with E-state index in [0.29, 0.717) is 6.42 Å². The highest BCUT2D eigenvalue weighted by molar-refractivity contribution is 5.84. The smallest absolute Gasteiger partial charge is 0.333 e. The van der Waals surface area contributed by atoms with Gasteiger partial charge >= 0.3 is 5.97 Å². The minimum Gasteiger partial charge on any atom is -0.479 e. The molecule has 1 fully saturated rings. The summed E-state index contributed by atoms with van der Waals surface area (Å²) in [5.41, 5.74) is 2.03. The number of aromatic nitrogens is 1. The van der Waals surface area contributed by atoms with E-state index in [-0.39, 0.29) is 6.10 Å². The van der Waals surface area contributed by atoms with E-state index in [9.17, 15) is 9.90 Å². The summed E-state index contributed by atoms with van der Waals surface area (Å²) in [7, 11) is 0. The lowest BCUT2D eigenvalue weighted by atomic mass is 10.1. The predicted octanol–water partition coefficient (Wildman–Crippen LogP) is 2.34. The maximum absolute atomic E-state index is 11.2. The summed E-state index contributed by atoms with van der Waals surface area (Å²) in [5, 5.41) is 10.3. The van der Waals surface area contributed by atoms with Crippen molar-refractivity contribution in [2.45, 2.75) is 31.5 Å². The first-order valence-electron chi connectivity index (χ1n) is 6.17. The molecule has 0 amide bonds. The van der Waals surface area contributed by atoms with Gasteiger partial charge in [-0.15, -0.1) is 0 Å². The number of fused-ring (bicyclic) bond motifs is 1. The number of benzene rings is 1. The summed E-state index contributed by atoms with van der Waals surface area (Å²) in [6, 6.07) is 7.89. The average Bonchev–Trinajstić information content (AvgIpc) is 3.09. The van der Waals surface area contributed by atoms with Gasteiger partial charge in [-0.3, -0.25) is 0 Å². The molecule has 1 atom stereocenters. The molecule has 0 aliphatic heterocycles. The van der Waals surface area contributed by atoms with Crippen LogP contribution >= 0.6 is 0 Å². The molecule has 1 aromatic carbocycles. The van der Waals surface area contributed by atoms with Gasteiger partial charge in [-0.25, -0.2) is 4.79 Å². The number of aromatic amines is 1. The first kappa shape index (κ1) is 11.3. The second kappa shape index (κ2) is 4.46. The Morgan fingerprint density at radius 3 is 2.94 bits per heavy atom. The lowest BCUT2D eigenvalue weighted by Crippen LogP contribution is -2.27. The summed E-state index contributed by atoms with van der Waals surface area (Å²) >= 11 is 0. The molecule has 2 N–H and O–H groups in total. The minimum atomic E-state index is -0.882. The van der Waals surface area contributed by atoms with Crippen LogP contribution in [0.15, 0.2) is 30.5 Å². The average molecular weight is 245 g/mol. The van der Waals surface area contributed by atoms with Crippen LogP contribution < -0.4 is 0 Å². The fourth-order valence-electron chi connectivity index (χ4n) is 2.13. The predicted molar refractivity (Wildman–Crippen MR) is 67.5 cm³/mol. The molecule has 1 aliphatic rings. The van der Waals surface area contributed by atoms with Crippen molar-refractivity contribution >= 4 is 16.9 Å². The molecule has 0 radical (unpaired) electrons. The van der Waals surface area contributed by atoms with Crippen LogP contribution in [0.1, 0.15) is 18.4 Å². The topological polar surface area (TPSA) is 62.3 Å². The number of carboxylic acid groups (broad SMARTS) is 1. The van der Waals surface area contributed by atoms with Crippen LogP contribution in [0.25, 0.3) is 10.9 Å². The standard InChI is InChI=1S/C14H15NO3/c16-14(17)13(18-10-5-6-10)7-9-8-15-12-4-2-1-3-11(9)12/h1-4,8,10,13,15H,5-7H2,(H,16,17)/t13-/m0/s1. The van der Waals surface area contributed by atoms with Gasteiger partial charge < -0.3 is 14.8 Å². The normalized spacial score (nSPS) is 16.9. The highest BCUT2D eigenvalue weighted by atomic mass is 16.5. The van der Waals surface area contributed by atoms with E-state index in [1.807, 2.05) is 30.5 Å². The van der Waals surface area contributed by atoms with Crippen molar-refractivity contribution in [3.63, 3.8) is 0 Å². The fourth-order valence-corrected chi connectivity index (χ4v) is 2.13. The Morgan fingerprint density at radius 1 is 1.44 bits per heavy atom. The number of ether oxygens (including phenoxy) is 1. The molecule has 18 heavy (non-hydrogen) atoms. The minimum absolute atomic E-state index is 0.149. The van der Waals surface area contributed by atoms with Gasteiger partial charge in [-0.05, 0) is 24.5 Å². The number of H-pyrrole nitrogens is 1. The van der Waals surface area contributed by atoms with E-state index >= 15 is 0 Å². The Morgan fingerprint density at radius 2 is 2.22 bits per heavy atom. The van der Waals surface area contributed by atoms with Crippen molar-refractivity contribution in [2.24, 2.45) is 0 Å². The zero-order chi connectivity index (χ0) is 12.5. The summed E-state index contributed by atoms with van der Waals surface area (Å²) in [6.45, 7) is 0. The first-order valence-corrected chi connectivity index (χ1v) is 6.17. The van der Waals surface area contributed by atoms with E-state index in [0.717, 1.165) is 29.3 Å². The number of carboxylic acids is 1. The molecule has 0 saturated heterocycles. The lowest BCUT2D eigenvalue weighted by Gasteiger charge is -2.12. The van der Waals surface area contributed by atoms with Crippen molar-refractivity contribution in [1.82, 2.24) is 4.98 Å². The van der Waals surface area contributed by atoms with Gasteiger partial charge in [0.25, 0.3) is 0 Å². The number of carbonyl (C=O) groups is 1. The Kier molecular flexibility index (Phi) is 2.80. The number of hydrogen-bond donors (Lipinski definition) is 2. The van der Waals surface area contributed by atoms with Crippen molar-refractivity contribution in [3.05, 3.63) is 36.0 Å². The first-order chi connectivity index (χ1) is 8.74. The van der Waals surface area contributed by atoms with Crippen molar-refractivity contribution in [2.75, 3.05) is 0 Å². The van der Waals surface area contributed by atoms with Crippen molar-refractivity contribution in [3.8, 4) is 0 Å². The number of hydrogen-bond acceptors (Lipinski definition) is 2. The summed E-state index contributed by atoms with van der Waals surface area (Å²) in [4.78, 5) is 14.3. The quantitative estimate of drug-likeness (QED) is 0.849. The summed E-state index contributed by atoms with van der Waals surface area (Å²) in [5.74, 6) is -0.882. The molecule has 3 rings (SSSR count). The van der Waals surface area contributed by atoms with Crippen LogP contribution in [0.2, 0.25) is 0 Å². The molecular weight excluding hydrogens is 230 g/mol. The van der Waals surface area contributed by atoms with Crippen LogP contribution in [0.3, 0.4) is 0 Å². The zero-order valence-electron chi connectivity index (χ0n) is 9.93. The molecule has 1 heterocycles. The highest BCUT2D eigenvalue weighted by Crippen LogP contribution is 2.27. The van der Waals surface area contributed by atoms with Crippen LogP contribution in [-0.4, -0.2) is 28.3 Å². The monoisotopic (exact) mass is 245 g/mol. The third-order valence-electron chi connectivity index (χ3n) is 3.24. The number of aliphatic carboxylic acids is 1. The van der Waals surface area contributed by atoms with Gasteiger partial charge in [-0.1, -0.05) is 18.2 Å². The van der Waals surface area contributed by atoms with Crippen LogP contribution in [-0.2, 0) is 16.0 Å². The van der Waals surface area contributed by atoms with Gasteiger partial charge in [0.1, 0.15) is 0 Å². The molecule has 0 unspecified atom stereocenters. The third-order valence-corrected chi connectivity index (χ3v) is 3.24. The fraction of sp³-hybridized carbons (Fsp3) is 0.357. The number of para-hydroxylation sites is 1. The molecule has 94 valence electrons. The van der Waals surface area contributed by atoms with Gasteiger partial charge in [0.15, 0.2) is 6.10 Å². The Bertz CT molecular complexity index is 571. The van der Waals surface area contributed by atoms with E-state index < -0.39 is 12.1 Å². The van der Waals surface area contributed by atoms with Crippen LogP contribution in [0.4, 0.5) is 0 Å². The maximum atomic E-state index is 11.2. The van der Waals surface area contributed by atoms with Crippen molar-refractivity contribution < 1.29 is 14.6 Å². The van der Waals surface area contributed by atoms with E-state index in [4.69, 9.17) is 4.74 Å². The van der Waals surface area contributed by atoms with Gasteiger partial charge in [-0.2, -0.15) is 0 Å². The molecule has 0 spiro atoms. The Hall–Kier alpha value is -1.81. The Balaban J connectivity index is 1.82. The third kappa shape index (κ3) is 2.24. The zero-order valence-corrected chi connectivity index (χ0v) is 9.93. The van der Waals surface area contributed by atoms with Crippen molar-refractivity contribution in [1.29, 1.82) is 0 Å². The summed E-state index contributed by atoms with van der Waals surface area (Å²) < 4.78 is 5.53. The number of nitrogens with one attached hydrogen (secondary N) is 1. The lowest BCUT2D eigenvalue weighted by molar-refractivity contribution is -0.151. The SMILES string of the molecule is O=C(O)[C@H](Cc1c[nH]c2ccccc12)OC1CC1. The molecule has 1 aliphatic carbocycles. The molecule has 4 heteroatoms. The molecule has 1 aromatic heterocycles. The second-order valence-corrected chi connectivity index (χ2v) is 4.73. The molecular formula is C14H15NO3. The van der Waals surface area contributed by atoms with E-state index in [1.54, 1.807) is 0 Å². The van der Waals surface area contributed by atoms with E-state index in [2.05, 4.69) is 4.98 Å². The van der Waals surface area contributed by atoms with E-state index in [1.165, 1.54) is 0 Å². The molecule has 0 bridgehead atoms. The molecule has 2 aromatic rings. The summed E-state index contributed by atoms with van der Waals surface area (Å²) in [6.07, 6.45) is 3.66. The number of rotatable bonds is 5. The van der Waals surface area contributed by atoms with Gasteiger partial charge in [0.05, 0.1) is 6.10 Å². The largest absolute Gasteiger partial charge is 0.479 e. The second-order valence-electron chi connectivity index (χ2n) is 4.73. The van der Waals surface area contributed by atoms with Gasteiger partial charge in [0.2, 0.25) is 0 Å². The molecule has 4 nitrogen and oxygen atoms in total. The maximum Gasteiger partial charge on any atom is 0.333 e.